The predicted molar refractivity (Wildman–Crippen MR) is 111 cm³/mol. The first-order chi connectivity index (χ1) is 13.5. The highest BCUT2D eigenvalue weighted by atomic mass is 32.2. The average molecular weight is 444 g/mol. The molecule has 2 rings (SSSR count). The number of thiazole rings is 1. The van der Waals surface area contributed by atoms with Crippen LogP contribution in [0.5, 0.6) is 0 Å². The van der Waals surface area contributed by atoms with Crippen molar-refractivity contribution in [3.63, 3.8) is 0 Å². The molecule has 0 unspecified atom stereocenters. The second kappa shape index (κ2) is 10.1. The summed E-state index contributed by atoms with van der Waals surface area (Å²) in [5.41, 5.74) is 0.522. The first-order valence-corrected chi connectivity index (χ1v) is 11.5. The van der Waals surface area contributed by atoms with E-state index in [2.05, 4.69) is 19.5 Å². The minimum Gasteiger partial charge on any atom is -0.455 e. The van der Waals surface area contributed by atoms with Gasteiger partial charge in [0.2, 0.25) is 0 Å². The van der Waals surface area contributed by atoms with Crippen LogP contribution in [0.3, 0.4) is 0 Å². The van der Waals surface area contributed by atoms with Crippen molar-refractivity contribution >= 4 is 33.2 Å². The van der Waals surface area contributed by atoms with Gasteiger partial charge in [0.05, 0.1) is 26.1 Å². The molecule has 0 aliphatic heterocycles. The molecule has 0 aliphatic rings. The average Bonchev–Trinajstić information content (AvgIpc) is 3.09. The molecule has 9 nitrogen and oxygen atoms in total. The third-order valence-corrected chi connectivity index (χ3v) is 4.68. The lowest BCUT2D eigenvalue weighted by molar-refractivity contribution is 0.00637. The van der Waals surface area contributed by atoms with Crippen molar-refractivity contribution in [3.8, 4) is 10.6 Å². The molecular formula is C18H25N3O6S2. The highest BCUT2D eigenvalue weighted by molar-refractivity contribution is 7.85. The second-order valence-corrected chi connectivity index (χ2v) is 9.54. The van der Waals surface area contributed by atoms with Gasteiger partial charge in [-0.1, -0.05) is 0 Å². The Labute approximate surface area is 174 Å². The lowest BCUT2D eigenvalue weighted by Gasteiger charge is -2.18. The maximum absolute atomic E-state index is 12.1. The largest absolute Gasteiger partial charge is 0.455 e. The van der Waals surface area contributed by atoms with Crippen molar-refractivity contribution in [2.45, 2.75) is 26.4 Å². The number of rotatable bonds is 10. The Balaban J connectivity index is 1.84. The van der Waals surface area contributed by atoms with Crippen LogP contribution in [-0.2, 0) is 23.8 Å². The molecule has 0 amide bonds. The summed E-state index contributed by atoms with van der Waals surface area (Å²) < 4.78 is 36.9. The number of hydrogen-bond acceptors (Lipinski definition) is 10. The maximum Gasteiger partial charge on any atom is 0.358 e. The Morgan fingerprint density at radius 3 is 2.69 bits per heavy atom. The van der Waals surface area contributed by atoms with Gasteiger partial charge in [0, 0.05) is 23.7 Å². The number of esters is 1. The summed E-state index contributed by atoms with van der Waals surface area (Å²) in [6.07, 6.45) is 2.64. The molecule has 0 radical (unpaired) electrons. The van der Waals surface area contributed by atoms with Crippen LogP contribution >= 0.6 is 11.3 Å². The van der Waals surface area contributed by atoms with Crippen LogP contribution in [0.25, 0.3) is 10.6 Å². The van der Waals surface area contributed by atoms with Crippen molar-refractivity contribution in [2.24, 2.45) is 0 Å². The quantitative estimate of drug-likeness (QED) is 0.336. The zero-order valence-corrected chi connectivity index (χ0v) is 18.4. The van der Waals surface area contributed by atoms with Crippen LogP contribution in [0.2, 0.25) is 0 Å². The molecule has 2 heterocycles. The molecule has 29 heavy (non-hydrogen) atoms. The van der Waals surface area contributed by atoms with E-state index in [1.807, 2.05) is 12.1 Å². The monoisotopic (exact) mass is 443 g/mol. The summed E-state index contributed by atoms with van der Waals surface area (Å²) in [5.74, 6) is 0.178. The highest BCUT2D eigenvalue weighted by Crippen LogP contribution is 2.26. The Hall–Kier alpha value is -2.08. The van der Waals surface area contributed by atoms with Crippen molar-refractivity contribution in [1.29, 1.82) is 0 Å². The molecule has 0 bridgehead atoms. The topological polar surface area (TPSA) is 117 Å². The zero-order chi connectivity index (χ0) is 21.5. The smallest absolute Gasteiger partial charge is 0.358 e. The molecule has 0 atom stereocenters. The molecule has 0 saturated carbocycles. The van der Waals surface area contributed by atoms with Gasteiger partial charge in [0.15, 0.2) is 5.69 Å². The molecule has 2 aromatic rings. The van der Waals surface area contributed by atoms with Gasteiger partial charge in [0.1, 0.15) is 16.4 Å². The molecule has 160 valence electrons. The van der Waals surface area contributed by atoms with Crippen LogP contribution in [-0.4, -0.2) is 62.6 Å². The Kier molecular flexibility index (Phi) is 8.08. The molecule has 11 heteroatoms. The van der Waals surface area contributed by atoms with Crippen molar-refractivity contribution < 1.29 is 26.9 Å². The van der Waals surface area contributed by atoms with E-state index >= 15 is 0 Å². The number of ether oxygens (including phenoxy) is 2. The Bertz CT molecular complexity index is 922. The van der Waals surface area contributed by atoms with Gasteiger partial charge in [-0.05, 0) is 32.9 Å². The predicted octanol–water partition coefficient (Wildman–Crippen LogP) is 2.57. The number of anilines is 1. The van der Waals surface area contributed by atoms with E-state index in [1.54, 1.807) is 32.3 Å². The lowest BCUT2D eigenvalue weighted by atomic mass is 10.2. The second-order valence-electron chi connectivity index (χ2n) is 7.03. The van der Waals surface area contributed by atoms with E-state index in [9.17, 15) is 13.2 Å². The van der Waals surface area contributed by atoms with Crippen molar-refractivity contribution in [2.75, 3.05) is 37.9 Å². The molecule has 0 fully saturated rings. The third kappa shape index (κ3) is 8.86. The number of nitrogens with zero attached hydrogens (tertiary/aromatic N) is 2. The first kappa shape index (κ1) is 23.2. The van der Waals surface area contributed by atoms with Crippen LogP contribution in [0.1, 0.15) is 31.3 Å². The van der Waals surface area contributed by atoms with E-state index in [4.69, 9.17) is 9.47 Å². The van der Waals surface area contributed by atoms with Gasteiger partial charge >= 0.3 is 5.97 Å². The fourth-order valence-corrected chi connectivity index (χ4v) is 3.25. The number of pyridine rings is 1. The fraction of sp³-hybridized carbons (Fsp3) is 0.500. The van der Waals surface area contributed by atoms with Crippen molar-refractivity contribution in [3.05, 3.63) is 29.4 Å². The zero-order valence-electron chi connectivity index (χ0n) is 16.8. The van der Waals surface area contributed by atoms with Gasteiger partial charge < -0.3 is 14.8 Å². The first-order valence-electron chi connectivity index (χ1n) is 8.85. The number of nitrogens with one attached hydrogen (secondary N) is 1. The standard InChI is InChI=1S/C18H25N3O6S2/c1-18(2,3)27-17(22)14-12-28-16(21-14)13-5-6-19-15(11-13)20-7-8-25-9-10-26-29(4,23)24/h5-6,11-12H,7-10H2,1-4H3,(H,19,20). The molecular weight excluding hydrogens is 418 g/mol. The van der Waals surface area contributed by atoms with E-state index in [-0.39, 0.29) is 18.9 Å². The number of carbonyl (C=O) groups excluding carboxylic acids is 1. The van der Waals surface area contributed by atoms with Gasteiger partial charge in [-0.25, -0.2) is 14.8 Å². The van der Waals surface area contributed by atoms with Crippen LogP contribution < -0.4 is 5.32 Å². The van der Waals surface area contributed by atoms with Crippen molar-refractivity contribution in [1.82, 2.24) is 9.97 Å². The SMILES string of the molecule is CC(C)(C)OC(=O)c1csc(-c2ccnc(NCCOCCOS(C)(=O)=O)c2)n1. The molecule has 0 saturated heterocycles. The number of carbonyl (C=O) groups is 1. The van der Waals surface area contributed by atoms with E-state index in [1.165, 1.54) is 11.3 Å². The molecule has 2 aromatic heterocycles. The number of hydrogen-bond donors (Lipinski definition) is 1. The molecule has 0 spiro atoms. The number of aromatic nitrogens is 2. The Morgan fingerprint density at radius 1 is 1.24 bits per heavy atom. The summed E-state index contributed by atoms with van der Waals surface area (Å²) in [5, 5.41) is 5.47. The van der Waals surface area contributed by atoms with Crippen LogP contribution in [0.4, 0.5) is 5.82 Å². The van der Waals surface area contributed by atoms with Gasteiger partial charge in [-0.3, -0.25) is 4.18 Å². The maximum atomic E-state index is 12.1. The molecule has 0 aliphatic carbocycles. The summed E-state index contributed by atoms with van der Waals surface area (Å²) in [7, 11) is -3.44. The van der Waals surface area contributed by atoms with Gasteiger partial charge in [-0.15, -0.1) is 11.3 Å². The highest BCUT2D eigenvalue weighted by Gasteiger charge is 2.20. The van der Waals surface area contributed by atoms with E-state index < -0.39 is 21.7 Å². The van der Waals surface area contributed by atoms with Gasteiger partial charge in [0.25, 0.3) is 10.1 Å². The molecule has 0 aromatic carbocycles. The van der Waals surface area contributed by atoms with E-state index in [0.717, 1.165) is 11.8 Å². The fourth-order valence-electron chi connectivity index (χ4n) is 2.09. The molecule has 1 N–H and O–H groups in total. The Morgan fingerprint density at radius 2 is 2.00 bits per heavy atom. The van der Waals surface area contributed by atoms with Crippen LogP contribution in [0.15, 0.2) is 23.7 Å². The third-order valence-electron chi connectivity index (χ3n) is 3.20. The van der Waals surface area contributed by atoms with Gasteiger partial charge in [-0.2, -0.15) is 8.42 Å². The summed E-state index contributed by atoms with van der Waals surface area (Å²) in [4.78, 5) is 20.7. The summed E-state index contributed by atoms with van der Waals surface area (Å²) in [6, 6.07) is 3.63. The summed E-state index contributed by atoms with van der Waals surface area (Å²) >= 11 is 1.35. The normalized spacial score (nSPS) is 12.0. The van der Waals surface area contributed by atoms with E-state index in [0.29, 0.717) is 24.0 Å². The minimum atomic E-state index is -3.44. The van der Waals surface area contributed by atoms with Crippen LogP contribution in [0, 0.1) is 0 Å². The minimum absolute atomic E-state index is 0.0173. The lowest BCUT2D eigenvalue weighted by Crippen LogP contribution is -2.24. The summed E-state index contributed by atoms with van der Waals surface area (Å²) in [6.45, 7) is 6.42.